The summed E-state index contributed by atoms with van der Waals surface area (Å²) in [7, 11) is -3.35. The van der Waals surface area contributed by atoms with E-state index in [0.29, 0.717) is 17.5 Å². The highest BCUT2D eigenvalue weighted by molar-refractivity contribution is 7.66. The maximum absolute atomic E-state index is 12.0. The van der Waals surface area contributed by atoms with Crippen LogP contribution in [0.3, 0.4) is 0 Å². The molecule has 0 bridgehead atoms. The molecule has 4 nitrogen and oxygen atoms in total. The molecule has 1 atom stereocenters. The van der Waals surface area contributed by atoms with Gasteiger partial charge in [-0.1, -0.05) is 52.0 Å². The maximum Gasteiger partial charge on any atom is 0.338 e. The summed E-state index contributed by atoms with van der Waals surface area (Å²) in [5, 5.41) is 0.309. The van der Waals surface area contributed by atoms with Crippen LogP contribution in [-0.2, 0) is 9.30 Å². The molecule has 1 N–H and O–H groups in total. The van der Waals surface area contributed by atoms with Crippen molar-refractivity contribution in [2.24, 2.45) is 0 Å². The van der Waals surface area contributed by atoms with E-state index in [4.69, 9.17) is 4.74 Å². The van der Waals surface area contributed by atoms with Gasteiger partial charge < -0.3 is 9.63 Å². The molecule has 0 saturated carbocycles. The fourth-order valence-electron chi connectivity index (χ4n) is 2.16. The van der Waals surface area contributed by atoms with Gasteiger partial charge in [-0.2, -0.15) is 0 Å². The van der Waals surface area contributed by atoms with Gasteiger partial charge in [0.1, 0.15) is 0 Å². The van der Waals surface area contributed by atoms with Crippen LogP contribution in [0.4, 0.5) is 0 Å². The molecule has 0 aliphatic rings. The second-order valence-corrected chi connectivity index (χ2v) is 8.02. The summed E-state index contributed by atoms with van der Waals surface area (Å²) in [6.07, 6.45) is 6.96. The first-order chi connectivity index (χ1) is 10.5. The second-order valence-electron chi connectivity index (χ2n) is 5.47. The molecule has 0 heterocycles. The summed E-state index contributed by atoms with van der Waals surface area (Å²) >= 11 is 0. The van der Waals surface area contributed by atoms with E-state index in [9.17, 15) is 14.3 Å². The van der Waals surface area contributed by atoms with Crippen LogP contribution in [0, 0.1) is 0 Å². The average Bonchev–Trinajstić information content (AvgIpc) is 2.54. The predicted molar refractivity (Wildman–Crippen MR) is 90.1 cm³/mol. The number of ether oxygens (including phenoxy) is 1. The minimum Gasteiger partial charge on any atom is -0.462 e. The lowest BCUT2D eigenvalue weighted by Gasteiger charge is -2.10. The summed E-state index contributed by atoms with van der Waals surface area (Å²) in [5.74, 6) is -0.425. The van der Waals surface area contributed by atoms with E-state index in [1.807, 2.05) is 0 Å². The largest absolute Gasteiger partial charge is 0.462 e. The molecule has 0 aromatic heterocycles. The summed E-state index contributed by atoms with van der Waals surface area (Å²) in [4.78, 5) is 21.8. The van der Waals surface area contributed by atoms with Gasteiger partial charge in [-0.3, -0.25) is 4.57 Å². The monoisotopic (exact) mass is 326 g/mol. The lowest BCUT2D eigenvalue weighted by molar-refractivity contribution is 0.0498. The Morgan fingerprint density at radius 3 is 2.50 bits per heavy atom. The number of carbonyl (C=O) groups excluding carboxylic acids is 1. The molecule has 1 aromatic rings. The quantitative estimate of drug-likeness (QED) is 0.399. The van der Waals surface area contributed by atoms with E-state index >= 15 is 0 Å². The number of esters is 1. The molecule has 5 heteroatoms. The molecule has 22 heavy (non-hydrogen) atoms. The van der Waals surface area contributed by atoms with Gasteiger partial charge in [-0.05, 0) is 24.6 Å². The minimum absolute atomic E-state index is 0.156. The number of carbonyl (C=O) groups is 1. The third-order valence-corrected chi connectivity index (χ3v) is 5.59. The van der Waals surface area contributed by atoms with Gasteiger partial charge >= 0.3 is 5.97 Å². The van der Waals surface area contributed by atoms with Gasteiger partial charge in [0.25, 0.3) is 0 Å². The van der Waals surface area contributed by atoms with Gasteiger partial charge in [0.2, 0.25) is 7.37 Å². The maximum atomic E-state index is 12.0. The third kappa shape index (κ3) is 6.33. The molecule has 1 unspecified atom stereocenters. The Labute approximate surface area is 133 Å². The van der Waals surface area contributed by atoms with Gasteiger partial charge in [-0.25, -0.2) is 4.79 Å². The number of benzene rings is 1. The fourth-order valence-corrected chi connectivity index (χ4v) is 3.19. The predicted octanol–water partition coefficient (Wildman–Crippen LogP) is 4.12. The van der Waals surface area contributed by atoms with Crippen LogP contribution in [0.2, 0.25) is 0 Å². The highest BCUT2D eigenvalue weighted by atomic mass is 31.2. The fraction of sp³-hybridized carbons (Fsp3) is 0.588. The van der Waals surface area contributed by atoms with Crippen LogP contribution in [-0.4, -0.2) is 23.6 Å². The van der Waals surface area contributed by atoms with Crippen molar-refractivity contribution in [3.05, 3.63) is 29.8 Å². The molecular formula is C17H27O4P. The summed E-state index contributed by atoms with van der Waals surface area (Å²) in [5.41, 5.74) is 0.339. The molecule has 0 aliphatic carbocycles. The van der Waals surface area contributed by atoms with Crippen molar-refractivity contribution in [2.45, 2.75) is 52.4 Å². The first kappa shape index (κ1) is 18.9. The van der Waals surface area contributed by atoms with E-state index in [2.05, 4.69) is 6.92 Å². The number of hydrogen-bond acceptors (Lipinski definition) is 3. The Morgan fingerprint density at radius 2 is 1.82 bits per heavy atom. The van der Waals surface area contributed by atoms with Crippen LogP contribution in [0.25, 0.3) is 0 Å². The third-order valence-electron chi connectivity index (χ3n) is 3.64. The van der Waals surface area contributed by atoms with Crippen LogP contribution in [0.15, 0.2) is 24.3 Å². The van der Waals surface area contributed by atoms with E-state index in [1.165, 1.54) is 31.7 Å². The van der Waals surface area contributed by atoms with Crippen LogP contribution in [0.5, 0.6) is 0 Å². The SMILES string of the molecule is CCCCCCCCOC(=O)c1cccc(P(=O)(O)CC)c1. The number of rotatable bonds is 10. The van der Waals surface area contributed by atoms with Crippen molar-refractivity contribution in [3.63, 3.8) is 0 Å². The Hall–Kier alpha value is -1.12. The Kier molecular flexibility index (Phi) is 8.44. The molecule has 1 rings (SSSR count). The number of hydrogen-bond donors (Lipinski definition) is 1. The molecule has 124 valence electrons. The Balaban J connectivity index is 2.43. The summed E-state index contributed by atoms with van der Waals surface area (Å²) in [6.45, 7) is 4.24. The van der Waals surface area contributed by atoms with Crippen LogP contribution < -0.4 is 5.30 Å². The lowest BCUT2D eigenvalue weighted by Crippen LogP contribution is -2.12. The van der Waals surface area contributed by atoms with Crippen molar-refractivity contribution in [1.82, 2.24) is 0 Å². The normalized spacial score (nSPS) is 13.6. The van der Waals surface area contributed by atoms with Crippen molar-refractivity contribution in [1.29, 1.82) is 0 Å². The zero-order valence-electron chi connectivity index (χ0n) is 13.6. The van der Waals surface area contributed by atoms with Crippen LogP contribution in [0.1, 0.15) is 62.7 Å². The molecule has 0 aliphatic heterocycles. The molecule has 0 spiro atoms. The summed E-state index contributed by atoms with van der Waals surface area (Å²) in [6, 6.07) is 6.28. The minimum atomic E-state index is -3.35. The van der Waals surface area contributed by atoms with E-state index in [1.54, 1.807) is 25.1 Å². The second kappa shape index (κ2) is 9.81. The lowest BCUT2D eigenvalue weighted by atomic mass is 10.1. The van der Waals surface area contributed by atoms with Gasteiger partial charge in [0.15, 0.2) is 0 Å². The molecule has 0 radical (unpaired) electrons. The molecule has 1 aromatic carbocycles. The summed E-state index contributed by atoms with van der Waals surface area (Å²) < 4.78 is 17.2. The first-order valence-electron chi connectivity index (χ1n) is 8.10. The van der Waals surface area contributed by atoms with Gasteiger partial charge in [0, 0.05) is 11.5 Å². The van der Waals surface area contributed by atoms with Gasteiger partial charge in [0.05, 0.1) is 12.2 Å². The highest BCUT2D eigenvalue weighted by Gasteiger charge is 2.20. The van der Waals surface area contributed by atoms with Crippen molar-refractivity contribution in [2.75, 3.05) is 12.8 Å². The van der Waals surface area contributed by atoms with Crippen molar-refractivity contribution >= 4 is 18.6 Å². The van der Waals surface area contributed by atoms with E-state index in [-0.39, 0.29) is 6.16 Å². The highest BCUT2D eigenvalue weighted by Crippen LogP contribution is 2.38. The van der Waals surface area contributed by atoms with Gasteiger partial charge in [-0.15, -0.1) is 0 Å². The topological polar surface area (TPSA) is 63.6 Å². The molecule has 0 amide bonds. The van der Waals surface area contributed by atoms with Crippen LogP contribution >= 0.6 is 7.37 Å². The van der Waals surface area contributed by atoms with Crippen molar-refractivity contribution in [3.8, 4) is 0 Å². The Morgan fingerprint density at radius 1 is 1.14 bits per heavy atom. The number of unbranched alkanes of at least 4 members (excludes halogenated alkanes) is 5. The first-order valence-corrected chi connectivity index (χ1v) is 9.95. The molecule has 0 fully saturated rings. The van der Waals surface area contributed by atoms with E-state index < -0.39 is 13.3 Å². The smallest absolute Gasteiger partial charge is 0.338 e. The molecule has 0 saturated heterocycles. The Bertz CT molecular complexity index is 513. The molecular weight excluding hydrogens is 299 g/mol. The van der Waals surface area contributed by atoms with E-state index in [0.717, 1.165) is 12.8 Å². The zero-order chi connectivity index (χ0) is 16.4. The average molecular weight is 326 g/mol. The zero-order valence-corrected chi connectivity index (χ0v) is 14.5. The van der Waals surface area contributed by atoms with Crippen molar-refractivity contribution < 1.29 is 19.0 Å². The standard InChI is InChI=1S/C17H27O4P/c1-3-5-6-7-8-9-13-21-17(18)15-11-10-12-16(14-15)22(19,20)4-2/h10-12,14H,3-9,13H2,1-2H3,(H,19,20).